The molecule has 4 aromatic carbocycles. The fraction of sp³-hybridized carbons (Fsp3) is 0.0968. The smallest absolute Gasteiger partial charge is 0.266 e. The molecule has 39 heavy (non-hydrogen) atoms. The topological polar surface area (TPSA) is 80.6 Å². The van der Waals surface area contributed by atoms with Crippen LogP contribution in [0.25, 0.3) is 6.08 Å². The first-order chi connectivity index (χ1) is 19.0. The van der Waals surface area contributed by atoms with Crippen LogP contribution < -0.4 is 19.5 Å². The molecule has 0 saturated carbocycles. The summed E-state index contributed by atoms with van der Waals surface area (Å²) in [6, 6.07) is 29.3. The zero-order chi connectivity index (χ0) is 27.6. The van der Waals surface area contributed by atoms with Crippen molar-refractivity contribution in [3.05, 3.63) is 123 Å². The van der Waals surface area contributed by atoms with Crippen molar-refractivity contribution in [3.8, 4) is 23.3 Å². The summed E-state index contributed by atoms with van der Waals surface area (Å²) >= 11 is 12.9. The van der Waals surface area contributed by atoms with Crippen molar-refractivity contribution in [2.45, 2.75) is 13.2 Å². The highest BCUT2D eigenvalue weighted by molar-refractivity contribution is 6.37. The molecule has 6 nitrogen and oxygen atoms in total. The van der Waals surface area contributed by atoms with Gasteiger partial charge in [-0.2, -0.15) is 5.26 Å². The van der Waals surface area contributed by atoms with Gasteiger partial charge in [-0.25, -0.2) is 0 Å². The highest BCUT2D eigenvalue weighted by atomic mass is 35.5. The molecule has 0 aliphatic rings. The van der Waals surface area contributed by atoms with Crippen molar-refractivity contribution in [3.63, 3.8) is 0 Å². The van der Waals surface area contributed by atoms with Crippen molar-refractivity contribution >= 4 is 40.9 Å². The lowest BCUT2D eigenvalue weighted by Crippen LogP contribution is -2.13. The molecule has 0 spiro atoms. The number of hydrogen-bond acceptors (Lipinski definition) is 5. The van der Waals surface area contributed by atoms with Crippen LogP contribution >= 0.6 is 23.2 Å². The second kappa shape index (κ2) is 13.4. The maximum absolute atomic E-state index is 12.5. The molecule has 0 aliphatic carbocycles. The Balaban J connectivity index is 1.43. The minimum Gasteiger partial charge on any atom is -0.493 e. The SMILES string of the molecule is COc1cc(COc2c(Cl)cc(/C=C(\C#N)C(=O)Nc3ccccc3)cc2Cl)ccc1OCc1ccccc1. The number of benzene rings is 4. The maximum Gasteiger partial charge on any atom is 0.266 e. The molecule has 1 amide bonds. The van der Waals surface area contributed by atoms with E-state index in [9.17, 15) is 10.1 Å². The summed E-state index contributed by atoms with van der Waals surface area (Å²) in [5.74, 6) is 0.928. The van der Waals surface area contributed by atoms with Gasteiger partial charge in [0.15, 0.2) is 17.2 Å². The summed E-state index contributed by atoms with van der Waals surface area (Å²) in [6.07, 6.45) is 1.42. The lowest BCUT2D eigenvalue weighted by Gasteiger charge is -2.14. The quantitative estimate of drug-likeness (QED) is 0.159. The van der Waals surface area contributed by atoms with Gasteiger partial charge in [-0.1, -0.05) is 77.8 Å². The largest absolute Gasteiger partial charge is 0.493 e. The first-order valence-corrected chi connectivity index (χ1v) is 12.7. The lowest BCUT2D eigenvalue weighted by molar-refractivity contribution is -0.112. The van der Waals surface area contributed by atoms with Crippen LogP contribution in [0.5, 0.6) is 17.2 Å². The molecule has 4 rings (SSSR count). The Morgan fingerprint density at radius 3 is 2.13 bits per heavy atom. The fourth-order valence-corrected chi connectivity index (χ4v) is 4.26. The van der Waals surface area contributed by atoms with Gasteiger partial charge in [0, 0.05) is 5.69 Å². The van der Waals surface area contributed by atoms with E-state index in [4.69, 9.17) is 37.4 Å². The zero-order valence-corrected chi connectivity index (χ0v) is 22.5. The van der Waals surface area contributed by atoms with Gasteiger partial charge in [0.25, 0.3) is 5.91 Å². The molecule has 0 bridgehead atoms. The van der Waals surface area contributed by atoms with Crippen LogP contribution in [-0.2, 0) is 18.0 Å². The number of hydrogen-bond donors (Lipinski definition) is 1. The highest BCUT2D eigenvalue weighted by Gasteiger charge is 2.14. The average molecular weight is 559 g/mol. The first kappa shape index (κ1) is 27.6. The number of methoxy groups -OCH3 is 1. The molecule has 1 N–H and O–H groups in total. The number of halogens is 2. The molecule has 0 saturated heterocycles. The average Bonchev–Trinajstić information content (AvgIpc) is 2.95. The van der Waals surface area contributed by atoms with E-state index < -0.39 is 5.91 Å². The minimum absolute atomic E-state index is 0.0960. The molecule has 0 unspecified atom stereocenters. The predicted octanol–water partition coefficient (Wildman–Crippen LogP) is 7.71. The third-order valence-electron chi connectivity index (χ3n) is 5.58. The third-order valence-corrected chi connectivity index (χ3v) is 6.14. The molecular weight excluding hydrogens is 535 g/mol. The fourth-order valence-electron chi connectivity index (χ4n) is 3.65. The third kappa shape index (κ3) is 7.55. The number of carbonyl (C=O) groups is 1. The number of amides is 1. The summed E-state index contributed by atoms with van der Waals surface area (Å²) in [5, 5.41) is 12.7. The Morgan fingerprint density at radius 1 is 0.846 bits per heavy atom. The number of rotatable bonds is 10. The van der Waals surface area contributed by atoms with E-state index in [0.717, 1.165) is 11.1 Å². The first-order valence-electron chi connectivity index (χ1n) is 11.9. The van der Waals surface area contributed by atoms with E-state index in [1.807, 2.05) is 60.7 Å². The summed E-state index contributed by atoms with van der Waals surface area (Å²) < 4.78 is 17.3. The lowest BCUT2D eigenvalue weighted by atomic mass is 10.1. The number of nitriles is 1. The molecular formula is C31H24Cl2N2O4. The zero-order valence-electron chi connectivity index (χ0n) is 21.0. The Hall–Kier alpha value is -4.44. The molecule has 8 heteroatoms. The van der Waals surface area contributed by atoms with Crippen molar-refractivity contribution in [1.29, 1.82) is 5.26 Å². The summed E-state index contributed by atoms with van der Waals surface area (Å²) in [4.78, 5) is 12.5. The van der Waals surface area contributed by atoms with E-state index in [-0.39, 0.29) is 28.0 Å². The van der Waals surface area contributed by atoms with Crippen molar-refractivity contribution in [2.24, 2.45) is 0 Å². The van der Waals surface area contributed by atoms with Crippen LogP contribution in [-0.4, -0.2) is 13.0 Å². The molecule has 4 aromatic rings. The molecule has 0 aliphatic heterocycles. The number of nitrogens with one attached hydrogen (secondary N) is 1. The van der Waals surface area contributed by atoms with E-state index in [0.29, 0.717) is 29.4 Å². The van der Waals surface area contributed by atoms with Crippen molar-refractivity contribution in [1.82, 2.24) is 0 Å². The minimum atomic E-state index is -0.540. The van der Waals surface area contributed by atoms with Crippen LogP contribution in [0.2, 0.25) is 10.0 Å². The van der Waals surface area contributed by atoms with Crippen LogP contribution in [0.15, 0.2) is 96.6 Å². The van der Waals surface area contributed by atoms with Gasteiger partial charge in [-0.15, -0.1) is 0 Å². The van der Waals surface area contributed by atoms with Crippen molar-refractivity contribution < 1.29 is 19.0 Å². The number of nitrogens with zero attached hydrogens (tertiary/aromatic N) is 1. The number of para-hydroxylation sites is 1. The van der Waals surface area contributed by atoms with Gasteiger partial charge in [0.05, 0.1) is 17.2 Å². The van der Waals surface area contributed by atoms with Gasteiger partial charge in [-0.3, -0.25) is 4.79 Å². The summed E-state index contributed by atoms with van der Waals surface area (Å²) in [7, 11) is 1.57. The molecule has 0 aromatic heterocycles. The van der Waals surface area contributed by atoms with Crippen molar-refractivity contribution in [2.75, 3.05) is 12.4 Å². The Morgan fingerprint density at radius 2 is 1.49 bits per heavy atom. The van der Waals surface area contributed by atoms with Gasteiger partial charge in [0.1, 0.15) is 24.9 Å². The standard InChI is InChI=1S/C31H24Cl2N2O4/c1-37-29-17-22(12-13-28(29)38-19-21-8-4-2-5-9-21)20-39-30-26(32)15-23(16-27(30)33)14-24(18-34)31(36)35-25-10-6-3-7-11-25/h2-17H,19-20H2,1H3,(H,35,36)/b24-14+. The van der Waals surface area contributed by atoms with E-state index in [2.05, 4.69) is 5.32 Å². The van der Waals surface area contributed by atoms with Gasteiger partial charge in [0.2, 0.25) is 0 Å². The Bertz CT molecular complexity index is 1490. The van der Waals surface area contributed by atoms with Gasteiger partial charge in [-0.05, 0) is 59.2 Å². The van der Waals surface area contributed by atoms with E-state index in [1.54, 1.807) is 43.5 Å². The van der Waals surface area contributed by atoms with Gasteiger partial charge >= 0.3 is 0 Å². The van der Waals surface area contributed by atoms with E-state index >= 15 is 0 Å². The molecule has 0 atom stereocenters. The number of carbonyl (C=O) groups excluding carboxylic acids is 1. The predicted molar refractivity (Wildman–Crippen MR) is 153 cm³/mol. The molecule has 0 radical (unpaired) electrons. The maximum atomic E-state index is 12.5. The second-order valence-corrected chi connectivity index (χ2v) is 9.17. The Labute approximate surface area is 237 Å². The van der Waals surface area contributed by atoms with Crippen LogP contribution in [0.3, 0.4) is 0 Å². The normalized spacial score (nSPS) is 10.9. The highest BCUT2D eigenvalue weighted by Crippen LogP contribution is 2.36. The van der Waals surface area contributed by atoms with Crippen LogP contribution in [0.4, 0.5) is 5.69 Å². The number of anilines is 1. The van der Waals surface area contributed by atoms with Crippen LogP contribution in [0.1, 0.15) is 16.7 Å². The molecule has 0 heterocycles. The molecule has 196 valence electrons. The number of ether oxygens (including phenoxy) is 3. The molecule has 0 fully saturated rings. The second-order valence-electron chi connectivity index (χ2n) is 8.35. The summed E-state index contributed by atoms with van der Waals surface area (Å²) in [5.41, 5.74) is 2.84. The van der Waals surface area contributed by atoms with Gasteiger partial charge < -0.3 is 19.5 Å². The summed E-state index contributed by atoms with van der Waals surface area (Å²) in [6.45, 7) is 0.591. The Kier molecular flexibility index (Phi) is 9.47. The van der Waals surface area contributed by atoms with E-state index in [1.165, 1.54) is 6.08 Å². The monoisotopic (exact) mass is 558 g/mol. The van der Waals surface area contributed by atoms with Crippen LogP contribution in [0, 0.1) is 11.3 Å².